The number of carbonyl (C=O) groups is 1. The highest BCUT2D eigenvalue weighted by Gasteiger charge is 2.22. The lowest BCUT2D eigenvalue weighted by molar-refractivity contribution is -0.156. The van der Waals surface area contributed by atoms with E-state index in [1.807, 2.05) is 0 Å². The van der Waals surface area contributed by atoms with Crippen LogP contribution in [0, 0.1) is 0 Å². The van der Waals surface area contributed by atoms with E-state index in [1.165, 1.54) is 7.11 Å². The van der Waals surface area contributed by atoms with Gasteiger partial charge >= 0.3 is 5.97 Å². The van der Waals surface area contributed by atoms with Crippen LogP contribution >= 0.6 is 0 Å². The van der Waals surface area contributed by atoms with Crippen molar-refractivity contribution in [3.63, 3.8) is 0 Å². The maximum Gasteiger partial charge on any atom is 0.334 e. The van der Waals surface area contributed by atoms with Crippen LogP contribution in [-0.2, 0) is 19.0 Å². The van der Waals surface area contributed by atoms with Crippen molar-refractivity contribution in [3.05, 3.63) is 0 Å². The van der Waals surface area contributed by atoms with Crippen molar-refractivity contribution in [2.24, 2.45) is 0 Å². The maximum atomic E-state index is 10.9. The number of hydrogen-bond donors (Lipinski definition) is 0. The quantitative estimate of drug-likeness (QED) is 0.579. The molecule has 4 heteroatoms. The van der Waals surface area contributed by atoms with Crippen molar-refractivity contribution in [2.75, 3.05) is 20.3 Å². The first kappa shape index (κ1) is 9.48. The molecular formula is C8H14O4. The van der Waals surface area contributed by atoms with Crippen LogP contribution in [0.2, 0.25) is 0 Å². The summed E-state index contributed by atoms with van der Waals surface area (Å²) in [5.74, 6) is -0.332. The molecule has 0 aromatic rings. The summed E-state index contributed by atoms with van der Waals surface area (Å²) in [6.07, 6.45) is 0.433. The predicted molar refractivity (Wildman–Crippen MR) is 41.8 cm³/mol. The average Bonchev–Trinajstić information content (AvgIpc) is 2.55. The molecule has 0 spiro atoms. The molecule has 4 nitrogen and oxygen atoms in total. The van der Waals surface area contributed by atoms with Gasteiger partial charge < -0.3 is 14.2 Å². The van der Waals surface area contributed by atoms with Gasteiger partial charge in [0.05, 0.1) is 19.8 Å². The van der Waals surface area contributed by atoms with E-state index in [1.54, 1.807) is 6.92 Å². The fourth-order valence-corrected chi connectivity index (χ4v) is 1.13. The molecule has 12 heavy (non-hydrogen) atoms. The monoisotopic (exact) mass is 174 g/mol. The van der Waals surface area contributed by atoms with Gasteiger partial charge in [0.15, 0.2) is 6.10 Å². The van der Waals surface area contributed by atoms with Gasteiger partial charge in [0.2, 0.25) is 0 Å². The first-order valence-corrected chi connectivity index (χ1v) is 4.05. The third-order valence-corrected chi connectivity index (χ3v) is 1.82. The topological polar surface area (TPSA) is 44.8 Å². The van der Waals surface area contributed by atoms with E-state index in [0.717, 1.165) is 13.0 Å². The number of rotatable bonds is 3. The molecule has 1 fully saturated rings. The fourth-order valence-electron chi connectivity index (χ4n) is 1.13. The highest BCUT2D eigenvalue weighted by Crippen LogP contribution is 2.10. The molecule has 1 aliphatic heterocycles. The highest BCUT2D eigenvalue weighted by atomic mass is 16.6. The summed E-state index contributed by atoms with van der Waals surface area (Å²) in [7, 11) is 1.35. The fraction of sp³-hybridized carbons (Fsp3) is 0.875. The third-order valence-electron chi connectivity index (χ3n) is 1.82. The van der Waals surface area contributed by atoms with Gasteiger partial charge in [-0.25, -0.2) is 4.79 Å². The highest BCUT2D eigenvalue weighted by molar-refractivity contribution is 5.73. The molecule has 1 heterocycles. The summed E-state index contributed by atoms with van der Waals surface area (Å²) < 4.78 is 15.0. The van der Waals surface area contributed by atoms with E-state index in [9.17, 15) is 4.79 Å². The Balaban J connectivity index is 2.24. The Morgan fingerprint density at radius 2 is 2.42 bits per heavy atom. The Morgan fingerprint density at radius 1 is 1.67 bits per heavy atom. The minimum Gasteiger partial charge on any atom is -0.467 e. The number of esters is 1. The third kappa shape index (κ3) is 2.46. The van der Waals surface area contributed by atoms with Crippen molar-refractivity contribution >= 4 is 5.97 Å². The van der Waals surface area contributed by atoms with Crippen molar-refractivity contribution in [1.29, 1.82) is 0 Å². The van der Waals surface area contributed by atoms with Gasteiger partial charge in [0.25, 0.3) is 0 Å². The Hall–Kier alpha value is -0.610. The van der Waals surface area contributed by atoms with Crippen LogP contribution in [0.5, 0.6) is 0 Å². The normalized spacial score (nSPS) is 25.3. The molecule has 1 rings (SSSR count). The zero-order valence-corrected chi connectivity index (χ0v) is 7.41. The van der Waals surface area contributed by atoms with Crippen LogP contribution in [0.25, 0.3) is 0 Å². The van der Waals surface area contributed by atoms with Gasteiger partial charge in [0.1, 0.15) is 0 Å². The maximum absolute atomic E-state index is 10.9. The summed E-state index contributed by atoms with van der Waals surface area (Å²) >= 11 is 0. The summed E-state index contributed by atoms with van der Waals surface area (Å²) in [6, 6.07) is 0. The molecule has 0 aromatic heterocycles. The Labute approximate surface area is 71.8 Å². The first-order chi connectivity index (χ1) is 5.74. The van der Waals surface area contributed by atoms with Gasteiger partial charge in [-0.1, -0.05) is 0 Å². The molecule has 0 saturated carbocycles. The molecule has 0 N–H and O–H groups in total. The van der Waals surface area contributed by atoms with Crippen LogP contribution in [0.3, 0.4) is 0 Å². The van der Waals surface area contributed by atoms with Crippen molar-refractivity contribution in [1.82, 2.24) is 0 Å². The number of carbonyl (C=O) groups excluding carboxylic acids is 1. The predicted octanol–water partition coefficient (Wildman–Crippen LogP) is 0.353. The van der Waals surface area contributed by atoms with Crippen molar-refractivity contribution < 1.29 is 19.0 Å². The van der Waals surface area contributed by atoms with E-state index >= 15 is 0 Å². The average molecular weight is 174 g/mol. The minimum atomic E-state index is -0.485. The zero-order valence-electron chi connectivity index (χ0n) is 7.41. The van der Waals surface area contributed by atoms with Crippen molar-refractivity contribution in [3.8, 4) is 0 Å². The Morgan fingerprint density at radius 3 is 2.92 bits per heavy atom. The first-order valence-electron chi connectivity index (χ1n) is 4.05. The number of methoxy groups -OCH3 is 1. The lowest BCUT2D eigenvalue weighted by Crippen LogP contribution is -2.27. The molecule has 0 amide bonds. The second-order valence-corrected chi connectivity index (χ2v) is 2.79. The van der Waals surface area contributed by atoms with Gasteiger partial charge in [-0.3, -0.25) is 0 Å². The molecule has 1 unspecified atom stereocenters. The van der Waals surface area contributed by atoms with E-state index in [2.05, 4.69) is 4.74 Å². The van der Waals surface area contributed by atoms with Crippen LogP contribution in [0.15, 0.2) is 0 Å². The van der Waals surface area contributed by atoms with E-state index < -0.39 is 6.10 Å². The summed E-state index contributed by atoms with van der Waals surface area (Å²) in [6.45, 7) is 2.99. The largest absolute Gasteiger partial charge is 0.467 e. The Kier molecular flexibility index (Phi) is 3.49. The van der Waals surface area contributed by atoms with E-state index in [0.29, 0.717) is 6.61 Å². The molecule has 0 aromatic carbocycles. The van der Waals surface area contributed by atoms with Crippen LogP contribution in [0.4, 0.5) is 0 Å². The lowest BCUT2D eigenvalue weighted by atomic mass is 10.3. The number of hydrogen-bond acceptors (Lipinski definition) is 4. The Bertz CT molecular complexity index is 151. The molecule has 1 aliphatic rings. The molecule has 0 aliphatic carbocycles. The smallest absolute Gasteiger partial charge is 0.334 e. The standard InChI is InChI=1S/C8H14O4/c1-6(8(9)10-2)12-7-3-4-11-5-7/h6-7H,3-5H2,1-2H3/t6-,7?/m1/s1. The second-order valence-electron chi connectivity index (χ2n) is 2.79. The molecular weight excluding hydrogens is 160 g/mol. The lowest BCUT2D eigenvalue weighted by Gasteiger charge is -2.14. The van der Waals surface area contributed by atoms with E-state index in [-0.39, 0.29) is 12.1 Å². The van der Waals surface area contributed by atoms with Crippen LogP contribution in [0.1, 0.15) is 13.3 Å². The second kappa shape index (κ2) is 4.42. The van der Waals surface area contributed by atoms with Crippen LogP contribution < -0.4 is 0 Å². The van der Waals surface area contributed by atoms with Crippen molar-refractivity contribution in [2.45, 2.75) is 25.6 Å². The van der Waals surface area contributed by atoms with Gasteiger partial charge in [-0.05, 0) is 13.3 Å². The summed E-state index contributed by atoms with van der Waals surface area (Å²) in [4.78, 5) is 10.9. The molecule has 2 atom stereocenters. The summed E-state index contributed by atoms with van der Waals surface area (Å²) in [5, 5.41) is 0. The van der Waals surface area contributed by atoms with E-state index in [4.69, 9.17) is 9.47 Å². The number of ether oxygens (including phenoxy) is 3. The van der Waals surface area contributed by atoms with Gasteiger partial charge in [0, 0.05) is 6.61 Å². The van der Waals surface area contributed by atoms with Gasteiger partial charge in [-0.2, -0.15) is 0 Å². The molecule has 0 bridgehead atoms. The SMILES string of the molecule is COC(=O)[C@@H](C)OC1CCOC1. The minimum absolute atomic E-state index is 0.0547. The zero-order chi connectivity index (χ0) is 8.97. The molecule has 70 valence electrons. The summed E-state index contributed by atoms with van der Waals surface area (Å²) in [5.41, 5.74) is 0. The van der Waals surface area contributed by atoms with Crippen LogP contribution in [-0.4, -0.2) is 38.5 Å². The van der Waals surface area contributed by atoms with Gasteiger partial charge in [-0.15, -0.1) is 0 Å². The molecule has 1 saturated heterocycles. The molecule has 0 radical (unpaired) electrons.